The van der Waals surface area contributed by atoms with Crippen LogP contribution < -0.4 is 14.8 Å². The van der Waals surface area contributed by atoms with Gasteiger partial charge in [0.05, 0.1) is 7.11 Å². The monoisotopic (exact) mass is 327 g/mol. The topological polar surface area (TPSA) is 73.3 Å². The summed E-state index contributed by atoms with van der Waals surface area (Å²) in [7, 11) is 1.59. The van der Waals surface area contributed by atoms with Crippen molar-refractivity contribution in [3.63, 3.8) is 0 Å². The molecule has 1 aliphatic rings. The normalized spacial score (nSPS) is 20.2. The van der Waals surface area contributed by atoms with Crippen molar-refractivity contribution in [3.05, 3.63) is 48.3 Å². The molecular formula is C18H21N3O3. The van der Waals surface area contributed by atoms with Crippen molar-refractivity contribution in [3.8, 4) is 11.8 Å². The van der Waals surface area contributed by atoms with Gasteiger partial charge >= 0.3 is 6.01 Å². The number of carbonyl (C=O) groups is 1. The van der Waals surface area contributed by atoms with E-state index in [0.717, 1.165) is 25.7 Å². The summed E-state index contributed by atoms with van der Waals surface area (Å²) in [4.78, 5) is 20.5. The molecule has 1 heterocycles. The maximum Gasteiger partial charge on any atom is 0.316 e. The second-order valence-electron chi connectivity index (χ2n) is 5.83. The third-order valence-electron chi connectivity index (χ3n) is 4.16. The zero-order chi connectivity index (χ0) is 16.8. The number of carbonyl (C=O) groups excluding carboxylic acids is 1. The number of nitrogens with one attached hydrogen (secondary N) is 1. The summed E-state index contributed by atoms with van der Waals surface area (Å²) in [6.07, 6.45) is 6.96. The average molecular weight is 327 g/mol. The van der Waals surface area contributed by atoms with Crippen LogP contribution >= 0.6 is 0 Å². The Kier molecular flexibility index (Phi) is 5.25. The molecular weight excluding hydrogens is 306 g/mol. The fourth-order valence-corrected chi connectivity index (χ4v) is 2.85. The lowest BCUT2D eigenvalue weighted by Gasteiger charge is -2.28. The van der Waals surface area contributed by atoms with Crippen molar-refractivity contribution in [1.82, 2.24) is 15.3 Å². The summed E-state index contributed by atoms with van der Waals surface area (Å²) in [5.74, 6) is 0.618. The molecule has 126 valence electrons. The highest BCUT2D eigenvalue weighted by Crippen LogP contribution is 2.22. The molecule has 1 fully saturated rings. The summed E-state index contributed by atoms with van der Waals surface area (Å²) in [5.41, 5.74) is 0.616. The number of rotatable bonds is 5. The lowest BCUT2D eigenvalue weighted by Crippen LogP contribution is -2.39. The first-order valence-corrected chi connectivity index (χ1v) is 8.13. The molecule has 1 aromatic heterocycles. The summed E-state index contributed by atoms with van der Waals surface area (Å²) in [6, 6.07) is 9.53. The van der Waals surface area contributed by atoms with Crippen LogP contribution in [-0.2, 0) is 0 Å². The van der Waals surface area contributed by atoms with Gasteiger partial charge in [-0.2, -0.15) is 0 Å². The summed E-state index contributed by atoms with van der Waals surface area (Å²) >= 11 is 0. The molecule has 1 aliphatic carbocycles. The predicted octanol–water partition coefficient (Wildman–Crippen LogP) is 2.61. The molecule has 0 unspecified atom stereocenters. The van der Waals surface area contributed by atoms with Gasteiger partial charge in [0.2, 0.25) is 0 Å². The number of aromatic nitrogens is 2. The van der Waals surface area contributed by atoms with E-state index in [4.69, 9.17) is 9.47 Å². The van der Waals surface area contributed by atoms with Crippen LogP contribution in [-0.4, -0.2) is 35.1 Å². The highest BCUT2D eigenvalue weighted by Gasteiger charge is 2.24. The minimum atomic E-state index is -0.0651. The van der Waals surface area contributed by atoms with E-state index < -0.39 is 0 Å². The van der Waals surface area contributed by atoms with E-state index >= 15 is 0 Å². The Morgan fingerprint density at radius 1 is 1.12 bits per heavy atom. The Balaban J connectivity index is 1.49. The van der Waals surface area contributed by atoms with Crippen molar-refractivity contribution >= 4 is 5.91 Å². The van der Waals surface area contributed by atoms with Gasteiger partial charge in [-0.3, -0.25) is 4.79 Å². The van der Waals surface area contributed by atoms with Gasteiger partial charge < -0.3 is 14.8 Å². The maximum atomic E-state index is 12.3. The lowest BCUT2D eigenvalue weighted by molar-refractivity contribution is 0.0885. The summed E-state index contributed by atoms with van der Waals surface area (Å²) in [5, 5.41) is 3.09. The summed E-state index contributed by atoms with van der Waals surface area (Å²) in [6.45, 7) is 0. The molecule has 0 radical (unpaired) electrons. The number of hydrogen-bond donors (Lipinski definition) is 1. The molecule has 6 nitrogen and oxygen atoms in total. The predicted molar refractivity (Wildman–Crippen MR) is 89.2 cm³/mol. The van der Waals surface area contributed by atoms with Gasteiger partial charge in [0.1, 0.15) is 11.9 Å². The number of ether oxygens (including phenoxy) is 2. The number of methoxy groups -OCH3 is 1. The molecule has 6 heteroatoms. The van der Waals surface area contributed by atoms with E-state index in [1.54, 1.807) is 37.7 Å². The van der Waals surface area contributed by atoms with Crippen LogP contribution in [0.2, 0.25) is 0 Å². The van der Waals surface area contributed by atoms with Crippen LogP contribution in [0.3, 0.4) is 0 Å². The highest BCUT2D eigenvalue weighted by atomic mass is 16.5. The summed E-state index contributed by atoms with van der Waals surface area (Å²) < 4.78 is 10.9. The number of amides is 1. The van der Waals surface area contributed by atoms with Crippen LogP contribution in [0.25, 0.3) is 0 Å². The standard InChI is InChI=1S/C18H21N3O3/c1-23-16-5-2-4-13(12-16)17(22)21-14-6-8-15(9-7-14)24-18-19-10-3-11-20-18/h2-5,10-12,14-15H,6-9H2,1H3,(H,21,22). The number of benzene rings is 1. The zero-order valence-corrected chi connectivity index (χ0v) is 13.6. The Hall–Kier alpha value is -2.63. The fraction of sp³-hybridized carbons (Fsp3) is 0.389. The van der Waals surface area contributed by atoms with Crippen LogP contribution in [0, 0.1) is 0 Å². The molecule has 0 bridgehead atoms. The molecule has 1 amide bonds. The first kappa shape index (κ1) is 16.2. The van der Waals surface area contributed by atoms with Gasteiger partial charge in [-0.15, -0.1) is 0 Å². The van der Waals surface area contributed by atoms with E-state index in [1.165, 1.54) is 0 Å². The molecule has 0 saturated heterocycles. The molecule has 1 saturated carbocycles. The highest BCUT2D eigenvalue weighted by molar-refractivity contribution is 5.94. The Morgan fingerprint density at radius 3 is 2.58 bits per heavy atom. The van der Waals surface area contributed by atoms with Crippen molar-refractivity contribution < 1.29 is 14.3 Å². The van der Waals surface area contributed by atoms with Crippen molar-refractivity contribution in [1.29, 1.82) is 0 Å². The minimum Gasteiger partial charge on any atom is -0.497 e. The van der Waals surface area contributed by atoms with Crippen molar-refractivity contribution in [2.45, 2.75) is 37.8 Å². The third kappa shape index (κ3) is 4.22. The van der Waals surface area contributed by atoms with E-state index in [1.807, 2.05) is 12.1 Å². The number of hydrogen-bond acceptors (Lipinski definition) is 5. The number of nitrogens with zero attached hydrogens (tertiary/aromatic N) is 2. The second kappa shape index (κ2) is 7.77. The van der Waals surface area contributed by atoms with E-state index in [2.05, 4.69) is 15.3 Å². The average Bonchev–Trinajstić information content (AvgIpc) is 2.64. The van der Waals surface area contributed by atoms with Gasteiger partial charge in [0.25, 0.3) is 5.91 Å². The van der Waals surface area contributed by atoms with Gasteiger partial charge in [0.15, 0.2) is 0 Å². The van der Waals surface area contributed by atoms with Gasteiger partial charge in [-0.25, -0.2) is 9.97 Å². The largest absolute Gasteiger partial charge is 0.497 e. The molecule has 3 rings (SSSR count). The molecule has 1 N–H and O–H groups in total. The zero-order valence-electron chi connectivity index (χ0n) is 13.6. The molecule has 1 aromatic carbocycles. The van der Waals surface area contributed by atoms with Crippen LogP contribution in [0.5, 0.6) is 11.8 Å². The Labute approximate surface area is 141 Å². The fourth-order valence-electron chi connectivity index (χ4n) is 2.85. The van der Waals surface area contributed by atoms with Crippen molar-refractivity contribution in [2.24, 2.45) is 0 Å². The van der Waals surface area contributed by atoms with Gasteiger partial charge in [0, 0.05) is 24.0 Å². The van der Waals surface area contributed by atoms with Gasteiger partial charge in [-0.05, 0) is 49.9 Å². The Bertz CT molecular complexity index is 670. The SMILES string of the molecule is COc1cccc(C(=O)NC2CCC(Oc3ncccn3)CC2)c1. The minimum absolute atomic E-state index is 0.0651. The van der Waals surface area contributed by atoms with Crippen molar-refractivity contribution in [2.75, 3.05) is 7.11 Å². The van der Waals surface area contributed by atoms with Crippen LogP contribution in [0.4, 0.5) is 0 Å². The molecule has 24 heavy (non-hydrogen) atoms. The maximum absolute atomic E-state index is 12.3. The van der Waals surface area contributed by atoms with Crippen LogP contribution in [0.15, 0.2) is 42.7 Å². The van der Waals surface area contributed by atoms with Gasteiger partial charge in [-0.1, -0.05) is 6.07 Å². The first-order valence-electron chi connectivity index (χ1n) is 8.13. The van der Waals surface area contributed by atoms with E-state index in [0.29, 0.717) is 17.3 Å². The quantitative estimate of drug-likeness (QED) is 0.914. The van der Waals surface area contributed by atoms with Crippen LogP contribution in [0.1, 0.15) is 36.0 Å². The second-order valence-corrected chi connectivity index (χ2v) is 5.83. The van der Waals surface area contributed by atoms with E-state index in [-0.39, 0.29) is 18.1 Å². The Morgan fingerprint density at radius 2 is 1.88 bits per heavy atom. The molecule has 0 atom stereocenters. The third-order valence-corrected chi connectivity index (χ3v) is 4.16. The van der Waals surface area contributed by atoms with E-state index in [9.17, 15) is 4.79 Å². The molecule has 0 spiro atoms. The lowest BCUT2D eigenvalue weighted by atomic mass is 9.92. The molecule has 2 aromatic rings. The molecule has 0 aliphatic heterocycles. The smallest absolute Gasteiger partial charge is 0.316 e. The first-order chi connectivity index (χ1) is 11.7.